The maximum absolute atomic E-state index is 9.80. The van der Waals surface area contributed by atoms with Gasteiger partial charge in [0.1, 0.15) is 0 Å². The molecule has 0 atom stereocenters. The lowest BCUT2D eigenvalue weighted by Gasteiger charge is -1.89. The summed E-state index contributed by atoms with van der Waals surface area (Å²) in [5.74, 6) is 0.885. The molecule has 0 aromatic rings. The van der Waals surface area contributed by atoms with Crippen LogP contribution in [0.4, 0.5) is 0 Å². The van der Waals surface area contributed by atoms with Gasteiger partial charge in [-0.2, -0.15) is 0 Å². The average Bonchev–Trinajstić information content (AvgIpc) is 1.63. The van der Waals surface area contributed by atoms with Gasteiger partial charge in [0.15, 0.2) is 0 Å². The molecule has 0 unspecified atom stereocenters. The Morgan fingerprint density at radius 3 is 2.78 bits per heavy atom. The molecule has 0 amide bonds. The van der Waals surface area contributed by atoms with Crippen LogP contribution < -0.4 is 0 Å². The standard InChI is InChI=1S/C5H9NO2S/c1-3-9-5(2)4-6(7)8/h4H,3H2,1-2H3/b5-4+. The average molecular weight is 147 g/mol. The van der Waals surface area contributed by atoms with E-state index in [0.717, 1.165) is 16.9 Å². The van der Waals surface area contributed by atoms with Gasteiger partial charge in [-0.3, -0.25) is 10.1 Å². The minimum Gasteiger partial charge on any atom is -0.259 e. The number of thioether (sulfide) groups is 1. The van der Waals surface area contributed by atoms with Gasteiger partial charge < -0.3 is 0 Å². The van der Waals surface area contributed by atoms with Gasteiger partial charge in [-0.15, -0.1) is 11.8 Å². The number of hydrogen-bond acceptors (Lipinski definition) is 3. The van der Waals surface area contributed by atoms with Crippen molar-refractivity contribution in [2.24, 2.45) is 0 Å². The molecular weight excluding hydrogens is 138 g/mol. The molecule has 0 rings (SSSR count). The molecule has 0 aliphatic rings. The molecule has 3 nitrogen and oxygen atoms in total. The zero-order chi connectivity index (χ0) is 7.28. The lowest BCUT2D eigenvalue weighted by molar-refractivity contribution is -0.402. The summed E-state index contributed by atoms with van der Waals surface area (Å²) in [5, 5.41) is 9.80. The zero-order valence-electron chi connectivity index (χ0n) is 5.46. The minimum atomic E-state index is -0.433. The van der Waals surface area contributed by atoms with Gasteiger partial charge >= 0.3 is 0 Å². The highest BCUT2D eigenvalue weighted by Crippen LogP contribution is 2.12. The molecule has 0 fully saturated rings. The SMILES string of the molecule is CCS/C(C)=C/[N+](=O)[O-]. The van der Waals surface area contributed by atoms with Crippen molar-refractivity contribution in [2.45, 2.75) is 13.8 Å². The summed E-state index contributed by atoms with van der Waals surface area (Å²) in [4.78, 5) is 10.1. The van der Waals surface area contributed by atoms with Gasteiger partial charge in [0.25, 0.3) is 0 Å². The van der Waals surface area contributed by atoms with E-state index in [9.17, 15) is 10.1 Å². The van der Waals surface area contributed by atoms with Crippen LogP contribution >= 0.6 is 11.8 Å². The molecule has 0 radical (unpaired) electrons. The highest BCUT2D eigenvalue weighted by Gasteiger charge is 1.92. The predicted octanol–water partition coefficient (Wildman–Crippen LogP) is 1.88. The second-order valence-electron chi connectivity index (χ2n) is 1.46. The Balaban J connectivity index is 3.69. The molecule has 0 aromatic heterocycles. The number of nitrogens with zero attached hydrogens (tertiary/aromatic N) is 1. The summed E-state index contributed by atoms with van der Waals surface area (Å²) in [5.41, 5.74) is 0. The summed E-state index contributed by atoms with van der Waals surface area (Å²) in [6.07, 6.45) is 1.02. The van der Waals surface area contributed by atoms with Gasteiger partial charge in [0.2, 0.25) is 6.20 Å². The fraction of sp³-hybridized carbons (Fsp3) is 0.600. The molecule has 0 N–H and O–H groups in total. The largest absolute Gasteiger partial charge is 0.259 e. The lowest BCUT2D eigenvalue weighted by atomic mass is 10.7. The molecule has 0 spiro atoms. The minimum absolute atomic E-state index is 0.433. The highest BCUT2D eigenvalue weighted by molar-refractivity contribution is 8.02. The van der Waals surface area contributed by atoms with Crippen molar-refractivity contribution in [3.05, 3.63) is 21.2 Å². The Morgan fingerprint density at radius 2 is 2.44 bits per heavy atom. The van der Waals surface area contributed by atoms with Crippen molar-refractivity contribution >= 4 is 11.8 Å². The van der Waals surface area contributed by atoms with Gasteiger partial charge in [-0.05, 0) is 12.7 Å². The van der Waals surface area contributed by atoms with Crippen LogP contribution in [0, 0.1) is 10.1 Å². The van der Waals surface area contributed by atoms with Crippen molar-refractivity contribution in [3.8, 4) is 0 Å². The van der Waals surface area contributed by atoms with E-state index in [1.807, 2.05) is 6.92 Å². The Hall–Kier alpha value is -0.510. The van der Waals surface area contributed by atoms with Gasteiger partial charge in [0, 0.05) is 0 Å². The maximum atomic E-state index is 9.80. The van der Waals surface area contributed by atoms with Crippen molar-refractivity contribution in [1.29, 1.82) is 0 Å². The van der Waals surface area contributed by atoms with Crippen LogP contribution in [-0.2, 0) is 0 Å². The molecule has 4 heteroatoms. The molecule has 0 saturated heterocycles. The molecule has 0 aliphatic heterocycles. The van der Waals surface area contributed by atoms with Crippen LogP contribution in [-0.4, -0.2) is 10.7 Å². The summed E-state index contributed by atoms with van der Waals surface area (Å²) in [7, 11) is 0. The van der Waals surface area contributed by atoms with Crippen LogP contribution in [0.5, 0.6) is 0 Å². The van der Waals surface area contributed by atoms with Crippen LogP contribution in [0.1, 0.15) is 13.8 Å². The predicted molar refractivity (Wildman–Crippen MR) is 38.9 cm³/mol. The monoisotopic (exact) mass is 147 g/mol. The smallest absolute Gasteiger partial charge is 0.243 e. The molecular formula is C5H9NO2S. The third kappa shape index (κ3) is 5.36. The zero-order valence-corrected chi connectivity index (χ0v) is 6.27. The third-order valence-corrected chi connectivity index (χ3v) is 1.51. The van der Waals surface area contributed by atoms with E-state index in [2.05, 4.69) is 0 Å². The van der Waals surface area contributed by atoms with E-state index in [4.69, 9.17) is 0 Å². The molecule has 0 heterocycles. The van der Waals surface area contributed by atoms with E-state index >= 15 is 0 Å². The second kappa shape index (κ2) is 4.38. The third-order valence-electron chi connectivity index (χ3n) is 0.659. The Morgan fingerprint density at radius 1 is 1.89 bits per heavy atom. The van der Waals surface area contributed by atoms with E-state index in [-0.39, 0.29) is 0 Å². The fourth-order valence-electron chi connectivity index (χ4n) is 0.413. The van der Waals surface area contributed by atoms with Crippen LogP contribution in [0.3, 0.4) is 0 Å². The number of allylic oxidation sites excluding steroid dienone is 1. The van der Waals surface area contributed by atoms with Gasteiger partial charge in [0.05, 0.1) is 9.83 Å². The Bertz CT molecular complexity index is 133. The van der Waals surface area contributed by atoms with Gasteiger partial charge in [-0.25, -0.2) is 0 Å². The maximum Gasteiger partial charge on any atom is 0.243 e. The fourth-order valence-corrected chi connectivity index (χ4v) is 1.03. The quantitative estimate of drug-likeness (QED) is 0.452. The summed E-state index contributed by atoms with van der Waals surface area (Å²) in [6, 6.07) is 0. The second-order valence-corrected chi connectivity index (χ2v) is 2.97. The van der Waals surface area contributed by atoms with Crippen LogP contribution in [0.15, 0.2) is 11.1 Å². The normalized spacial score (nSPS) is 11.6. The van der Waals surface area contributed by atoms with Crippen molar-refractivity contribution in [3.63, 3.8) is 0 Å². The van der Waals surface area contributed by atoms with Crippen LogP contribution in [0.25, 0.3) is 0 Å². The number of hydrogen-bond donors (Lipinski definition) is 0. The number of rotatable bonds is 3. The van der Waals surface area contributed by atoms with E-state index < -0.39 is 4.92 Å². The summed E-state index contributed by atoms with van der Waals surface area (Å²) >= 11 is 1.48. The van der Waals surface area contributed by atoms with E-state index in [0.29, 0.717) is 0 Å². The van der Waals surface area contributed by atoms with Crippen molar-refractivity contribution in [1.82, 2.24) is 0 Å². The van der Waals surface area contributed by atoms with E-state index in [1.54, 1.807) is 6.92 Å². The van der Waals surface area contributed by atoms with Crippen LogP contribution in [0.2, 0.25) is 0 Å². The van der Waals surface area contributed by atoms with Crippen molar-refractivity contribution < 1.29 is 4.92 Å². The first kappa shape index (κ1) is 8.49. The molecule has 0 saturated carbocycles. The molecule has 9 heavy (non-hydrogen) atoms. The summed E-state index contributed by atoms with van der Waals surface area (Å²) in [6.45, 7) is 3.69. The molecule has 0 aromatic carbocycles. The first-order chi connectivity index (χ1) is 4.16. The molecule has 0 bridgehead atoms. The molecule has 0 aliphatic carbocycles. The molecule has 52 valence electrons. The topological polar surface area (TPSA) is 43.1 Å². The number of nitro groups is 1. The van der Waals surface area contributed by atoms with Crippen molar-refractivity contribution in [2.75, 3.05) is 5.75 Å². The lowest BCUT2D eigenvalue weighted by Crippen LogP contribution is -1.84. The highest BCUT2D eigenvalue weighted by atomic mass is 32.2. The first-order valence-electron chi connectivity index (χ1n) is 2.61. The summed E-state index contributed by atoms with van der Waals surface area (Å²) < 4.78 is 0. The van der Waals surface area contributed by atoms with E-state index in [1.165, 1.54) is 11.8 Å². The first-order valence-corrected chi connectivity index (χ1v) is 3.60. The Labute approximate surface area is 58.3 Å². The van der Waals surface area contributed by atoms with Gasteiger partial charge in [-0.1, -0.05) is 6.92 Å². The Kier molecular flexibility index (Phi) is 4.13.